The van der Waals surface area contributed by atoms with Crippen LogP contribution in [-0.4, -0.2) is 32.6 Å². The van der Waals surface area contributed by atoms with Crippen LogP contribution in [0.25, 0.3) is 16.7 Å². The summed E-state index contributed by atoms with van der Waals surface area (Å²) in [5, 5.41) is 15.3. The molecule has 8 heteroatoms. The number of ether oxygens (including phenoxy) is 1. The van der Waals surface area contributed by atoms with Crippen LogP contribution < -0.4 is 15.4 Å². The van der Waals surface area contributed by atoms with Crippen molar-refractivity contribution in [3.63, 3.8) is 0 Å². The van der Waals surface area contributed by atoms with E-state index in [1.54, 1.807) is 23.0 Å². The van der Waals surface area contributed by atoms with Crippen LogP contribution in [0.1, 0.15) is 61.0 Å². The van der Waals surface area contributed by atoms with E-state index in [0.29, 0.717) is 23.8 Å². The van der Waals surface area contributed by atoms with Gasteiger partial charge in [-0.1, -0.05) is 45.4 Å². The Morgan fingerprint density at radius 2 is 1.78 bits per heavy atom. The van der Waals surface area contributed by atoms with Gasteiger partial charge in [-0.25, -0.2) is 0 Å². The van der Waals surface area contributed by atoms with Gasteiger partial charge >= 0.3 is 0 Å². The number of unbranched alkanes of at least 4 members (excludes halogenated alkanes) is 1. The number of anilines is 1. The average molecular weight is 502 g/mol. The maximum Gasteiger partial charge on any atom is 0.257 e. The summed E-state index contributed by atoms with van der Waals surface area (Å²) < 4.78 is 5.70. The van der Waals surface area contributed by atoms with Crippen molar-refractivity contribution in [2.24, 2.45) is 0 Å². The minimum Gasteiger partial charge on any atom is -0.494 e. The first kappa shape index (κ1) is 25.3. The van der Waals surface area contributed by atoms with Gasteiger partial charge in [-0.3, -0.25) is 10.1 Å². The first-order chi connectivity index (χ1) is 17.3. The highest BCUT2D eigenvalue weighted by Gasteiger charge is 2.13. The fourth-order valence-electron chi connectivity index (χ4n) is 3.70. The van der Waals surface area contributed by atoms with Crippen molar-refractivity contribution < 1.29 is 9.53 Å². The van der Waals surface area contributed by atoms with E-state index in [4.69, 9.17) is 17.0 Å². The lowest BCUT2D eigenvalue weighted by Crippen LogP contribution is -2.34. The fourth-order valence-corrected chi connectivity index (χ4v) is 3.90. The summed E-state index contributed by atoms with van der Waals surface area (Å²) in [5.74, 6) is 0.827. The van der Waals surface area contributed by atoms with Gasteiger partial charge in [0.1, 0.15) is 16.8 Å². The van der Waals surface area contributed by atoms with Gasteiger partial charge in [0, 0.05) is 11.3 Å². The van der Waals surface area contributed by atoms with Crippen molar-refractivity contribution in [1.82, 2.24) is 20.3 Å². The lowest BCUT2D eigenvalue weighted by molar-refractivity contribution is 0.0977. The molecule has 0 fully saturated rings. The van der Waals surface area contributed by atoms with E-state index in [9.17, 15) is 4.79 Å². The second-order valence-electron chi connectivity index (χ2n) is 9.03. The number of hydrogen-bond acceptors (Lipinski definition) is 5. The number of nitrogens with zero attached hydrogens (tertiary/aromatic N) is 3. The Bertz CT molecular complexity index is 1380. The number of rotatable bonds is 8. The highest BCUT2D eigenvalue weighted by molar-refractivity contribution is 7.80. The number of fused-ring (bicyclic) bond motifs is 1. The normalized spacial score (nSPS) is 11.0. The Kier molecular flexibility index (Phi) is 7.95. The van der Waals surface area contributed by atoms with Crippen LogP contribution in [0.5, 0.6) is 5.75 Å². The number of aryl methyl sites for hydroxylation is 1. The first-order valence-electron chi connectivity index (χ1n) is 12.2. The molecule has 1 heterocycles. The molecule has 1 amide bonds. The van der Waals surface area contributed by atoms with Crippen LogP contribution in [0.3, 0.4) is 0 Å². The minimum absolute atomic E-state index is 0.205. The van der Waals surface area contributed by atoms with Crippen molar-refractivity contribution in [1.29, 1.82) is 0 Å². The van der Waals surface area contributed by atoms with Crippen molar-refractivity contribution in [2.45, 2.75) is 46.5 Å². The Balaban J connectivity index is 1.45. The van der Waals surface area contributed by atoms with Gasteiger partial charge in [0.2, 0.25) is 0 Å². The van der Waals surface area contributed by atoms with Crippen molar-refractivity contribution >= 4 is 40.0 Å². The number of aromatic nitrogens is 3. The topological polar surface area (TPSA) is 81.1 Å². The number of benzene rings is 3. The molecule has 0 saturated carbocycles. The molecule has 1 aromatic heterocycles. The molecular weight excluding hydrogens is 470 g/mol. The molecule has 0 radical (unpaired) electrons. The number of carbonyl (C=O) groups excluding carboxylic acids is 1. The number of amides is 1. The zero-order valence-corrected chi connectivity index (χ0v) is 21.9. The van der Waals surface area contributed by atoms with Crippen LogP contribution in [-0.2, 0) is 0 Å². The zero-order chi connectivity index (χ0) is 25.7. The van der Waals surface area contributed by atoms with Crippen LogP contribution in [0.2, 0.25) is 0 Å². The van der Waals surface area contributed by atoms with Gasteiger partial charge in [0.15, 0.2) is 5.11 Å². The number of thiocarbonyl (C=S) groups is 1. The van der Waals surface area contributed by atoms with E-state index in [-0.39, 0.29) is 11.0 Å². The standard InChI is InChI=1S/C28H31N5O2S/c1-5-6-14-35-23-9-7-8-21(16-23)27(34)30-28(36)29-24-17-26-25(15-19(24)4)31-33(32-26)22-12-10-20(11-13-22)18(2)3/h7-13,15-18H,5-6,14H2,1-4H3,(H2,29,30,34,36). The summed E-state index contributed by atoms with van der Waals surface area (Å²) in [6.07, 6.45) is 2.01. The summed E-state index contributed by atoms with van der Waals surface area (Å²) in [5.41, 5.74) is 5.84. The van der Waals surface area contributed by atoms with Gasteiger partial charge in [-0.2, -0.15) is 4.80 Å². The van der Waals surface area contributed by atoms with Crippen LogP contribution in [0.4, 0.5) is 5.69 Å². The predicted molar refractivity (Wildman–Crippen MR) is 148 cm³/mol. The molecule has 4 aromatic rings. The van der Waals surface area contributed by atoms with Gasteiger partial charge in [-0.05, 0) is 85.1 Å². The molecule has 0 aliphatic heterocycles. The van der Waals surface area contributed by atoms with Crippen molar-refractivity contribution in [3.05, 3.63) is 77.4 Å². The molecule has 0 bridgehead atoms. The summed E-state index contributed by atoms with van der Waals surface area (Å²) in [7, 11) is 0. The summed E-state index contributed by atoms with van der Waals surface area (Å²) in [6.45, 7) is 9.02. The fraction of sp³-hybridized carbons (Fsp3) is 0.286. The molecule has 7 nitrogen and oxygen atoms in total. The Hall–Kier alpha value is -3.78. The minimum atomic E-state index is -0.303. The summed E-state index contributed by atoms with van der Waals surface area (Å²) in [4.78, 5) is 14.4. The molecule has 0 aliphatic carbocycles. The third kappa shape index (κ3) is 6.07. The third-order valence-electron chi connectivity index (χ3n) is 5.86. The molecular formula is C28H31N5O2S. The molecule has 0 unspecified atom stereocenters. The van der Waals surface area contributed by atoms with Crippen LogP contribution in [0.15, 0.2) is 60.7 Å². The van der Waals surface area contributed by atoms with E-state index in [2.05, 4.69) is 53.7 Å². The van der Waals surface area contributed by atoms with Gasteiger partial charge < -0.3 is 10.1 Å². The maximum absolute atomic E-state index is 12.7. The molecule has 36 heavy (non-hydrogen) atoms. The SMILES string of the molecule is CCCCOc1cccc(C(=O)NC(=S)Nc2cc3nn(-c4ccc(C(C)C)cc4)nc3cc2C)c1. The predicted octanol–water partition coefficient (Wildman–Crippen LogP) is 6.16. The van der Waals surface area contributed by atoms with Crippen LogP contribution in [0, 0.1) is 6.92 Å². The largest absolute Gasteiger partial charge is 0.494 e. The maximum atomic E-state index is 12.7. The summed E-state index contributed by atoms with van der Waals surface area (Å²) in [6, 6.07) is 19.2. The van der Waals surface area contributed by atoms with E-state index in [1.807, 2.05) is 37.3 Å². The molecule has 0 spiro atoms. The van der Waals surface area contributed by atoms with Crippen molar-refractivity contribution in [2.75, 3.05) is 11.9 Å². The van der Waals surface area contributed by atoms with Gasteiger partial charge in [0.25, 0.3) is 5.91 Å². The highest BCUT2D eigenvalue weighted by atomic mass is 32.1. The quantitative estimate of drug-likeness (QED) is 0.222. The lowest BCUT2D eigenvalue weighted by atomic mass is 10.0. The Morgan fingerprint density at radius 1 is 1.06 bits per heavy atom. The lowest BCUT2D eigenvalue weighted by Gasteiger charge is -2.12. The van der Waals surface area contributed by atoms with Gasteiger partial charge in [0.05, 0.1) is 12.3 Å². The second-order valence-corrected chi connectivity index (χ2v) is 9.44. The second kappa shape index (κ2) is 11.3. The van der Waals surface area contributed by atoms with E-state index in [1.165, 1.54) is 5.56 Å². The zero-order valence-electron chi connectivity index (χ0n) is 21.0. The van der Waals surface area contributed by atoms with E-state index >= 15 is 0 Å². The number of hydrogen-bond donors (Lipinski definition) is 2. The molecule has 2 N–H and O–H groups in total. The number of carbonyl (C=O) groups is 1. The molecule has 186 valence electrons. The van der Waals surface area contributed by atoms with Crippen LogP contribution >= 0.6 is 12.2 Å². The van der Waals surface area contributed by atoms with Crippen molar-refractivity contribution in [3.8, 4) is 11.4 Å². The Labute approximate surface area is 216 Å². The molecule has 3 aromatic carbocycles. The average Bonchev–Trinajstić information content (AvgIpc) is 3.27. The van der Waals surface area contributed by atoms with E-state index < -0.39 is 0 Å². The smallest absolute Gasteiger partial charge is 0.257 e. The molecule has 0 aliphatic rings. The van der Waals surface area contributed by atoms with Gasteiger partial charge in [-0.15, -0.1) is 10.2 Å². The van der Waals surface area contributed by atoms with E-state index in [0.717, 1.165) is 40.8 Å². The Morgan fingerprint density at radius 3 is 2.47 bits per heavy atom. The highest BCUT2D eigenvalue weighted by Crippen LogP contribution is 2.23. The number of nitrogens with one attached hydrogen (secondary N) is 2. The third-order valence-corrected chi connectivity index (χ3v) is 6.06. The summed E-state index contributed by atoms with van der Waals surface area (Å²) >= 11 is 5.41. The molecule has 0 saturated heterocycles. The molecule has 4 rings (SSSR count). The monoisotopic (exact) mass is 501 g/mol. The first-order valence-corrected chi connectivity index (χ1v) is 12.6. The molecule has 0 atom stereocenters.